The summed E-state index contributed by atoms with van der Waals surface area (Å²) in [5, 5.41) is 3.04. The van der Waals surface area contributed by atoms with Crippen LogP contribution < -0.4 is 5.32 Å². The Morgan fingerprint density at radius 1 is 1.07 bits per heavy atom. The molecule has 0 aliphatic heterocycles. The monoisotopic (exact) mass is 412 g/mol. The molecule has 2 rings (SSSR count). The molecule has 0 spiro atoms. The summed E-state index contributed by atoms with van der Waals surface area (Å²) in [4.78, 5) is 28.9. The zero-order valence-corrected chi connectivity index (χ0v) is 18.9. The van der Waals surface area contributed by atoms with E-state index in [4.69, 9.17) is 0 Å². The highest BCUT2D eigenvalue weighted by Gasteiger charge is 2.30. The molecule has 29 heavy (non-hydrogen) atoms. The second kappa shape index (κ2) is 10.5. The molecule has 0 fully saturated rings. The van der Waals surface area contributed by atoms with E-state index in [0.29, 0.717) is 18.7 Å². The summed E-state index contributed by atoms with van der Waals surface area (Å²) in [5.74, 6) is 0.164. The second-order valence-corrected chi connectivity index (χ2v) is 9.32. The molecule has 0 aromatic heterocycles. The van der Waals surface area contributed by atoms with Crippen LogP contribution in [0.25, 0.3) is 0 Å². The number of carbonyl (C=O) groups is 2. The van der Waals surface area contributed by atoms with Gasteiger partial charge in [-0.1, -0.05) is 55.0 Å². The lowest BCUT2D eigenvalue weighted by Gasteiger charge is -2.33. The number of hydrogen-bond acceptors (Lipinski definition) is 3. The first-order valence-electron chi connectivity index (χ1n) is 10.0. The summed E-state index contributed by atoms with van der Waals surface area (Å²) < 4.78 is 0. The van der Waals surface area contributed by atoms with Crippen LogP contribution in [-0.4, -0.2) is 34.0 Å². The highest BCUT2D eigenvalue weighted by atomic mass is 32.2. The fourth-order valence-corrected chi connectivity index (χ4v) is 3.93. The van der Waals surface area contributed by atoms with Crippen molar-refractivity contribution in [3.05, 3.63) is 65.7 Å². The molecule has 0 saturated heterocycles. The highest BCUT2D eigenvalue weighted by Crippen LogP contribution is 2.20. The molecule has 0 heterocycles. The number of benzene rings is 2. The Hall–Kier alpha value is -2.27. The van der Waals surface area contributed by atoms with Crippen LogP contribution in [0.1, 0.15) is 45.2 Å². The quantitative estimate of drug-likeness (QED) is 0.633. The van der Waals surface area contributed by atoms with Crippen LogP contribution in [0.15, 0.2) is 59.5 Å². The van der Waals surface area contributed by atoms with Crippen molar-refractivity contribution in [2.45, 2.75) is 64.1 Å². The lowest BCUT2D eigenvalue weighted by Crippen LogP contribution is -2.53. The predicted molar refractivity (Wildman–Crippen MR) is 121 cm³/mol. The molecule has 5 heteroatoms. The topological polar surface area (TPSA) is 49.4 Å². The minimum absolute atomic E-state index is 0.0312. The van der Waals surface area contributed by atoms with Crippen LogP contribution in [-0.2, 0) is 16.1 Å². The zero-order valence-electron chi connectivity index (χ0n) is 18.1. The van der Waals surface area contributed by atoms with Crippen molar-refractivity contribution < 1.29 is 9.59 Å². The van der Waals surface area contributed by atoms with E-state index in [2.05, 4.69) is 11.4 Å². The van der Waals surface area contributed by atoms with E-state index >= 15 is 0 Å². The van der Waals surface area contributed by atoms with Crippen molar-refractivity contribution in [2.24, 2.45) is 0 Å². The molecule has 0 radical (unpaired) electrons. The number of aryl methyl sites for hydroxylation is 1. The van der Waals surface area contributed by atoms with Gasteiger partial charge in [0.2, 0.25) is 11.8 Å². The molecule has 4 nitrogen and oxygen atoms in total. The summed E-state index contributed by atoms with van der Waals surface area (Å²) in [6, 6.07) is 17.5. The van der Waals surface area contributed by atoms with Gasteiger partial charge in [0, 0.05) is 17.0 Å². The molecule has 2 amide bonds. The van der Waals surface area contributed by atoms with Gasteiger partial charge in [0.1, 0.15) is 6.04 Å². The molecule has 0 aliphatic rings. The number of carbonyl (C=O) groups excluding carboxylic acids is 2. The second-order valence-electron chi connectivity index (χ2n) is 8.28. The Kier molecular flexibility index (Phi) is 8.32. The Balaban J connectivity index is 2.22. The molecule has 0 bridgehead atoms. The normalized spacial score (nSPS) is 12.3. The number of thioether (sulfide) groups is 1. The smallest absolute Gasteiger partial charge is 0.243 e. The Bertz CT molecular complexity index is 815. The van der Waals surface area contributed by atoms with Crippen molar-refractivity contribution in [3.63, 3.8) is 0 Å². The third kappa shape index (κ3) is 7.58. The van der Waals surface area contributed by atoms with E-state index in [9.17, 15) is 9.59 Å². The van der Waals surface area contributed by atoms with Gasteiger partial charge in [-0.25, -0.2) is 0 Å². The van der Waals surface area contributed by atoms with Gasteiger partial charge < -0.3 is 10.2 Å². The fourth-order valence-electron chi connectivity index (χ4n) is 3.12. The lowest BCUT2D eigenvalue weighted by atomic mass is 10.1. The van der Waals surface area contributed by atoms with Crippen molar-refractivity contribution in [1.29, 1.82) is 0 Å². The molecule has 1 atom stereocenters. The van der Waals surface area contributed by atoms with Crippen molar-refractivity contribution in [2.75, 3.05) is 5.75 Å². The molecule has 1 N–H and O–H groups in total. The van der Waals surface area contributed by atoms with E-state index in [0.717, 1.165) is 16.0 Å². The average Bonchev–Trinajstić information content (AvgIpc) is 2.65. The molecule has 0 unspecified atom stereocenters. The van der Waals surface area contributed by atoms with Crippen LogP contribution in [0, 0.1) is 6.92 Å². The molecule has 0 saturated carbocycles. The van der Waals surface area contributed by atoms with Gasteiger partial charge in [0.15, 0.2) is 0 Å². The highest BCUT2D eigenvalue weighted by molar-refractivity contribution is 8.00. The first-order valence-corrected chi connectivity index (χ1v) is 11.0. The molecule has 156 valence electrons. The zero-order chi connectivity index (χ0) is 21.4. The van der Waals surface area contributed by atoms with Gasteiger partial charge in [-0.3, -0.25) is 9.59 Å². The maximum absolute atomic E-state index is 13.2. The van der Waals surface area contributed by atoms with Crippen LogP contribution in [0.4, 0.5) is 0 Å². The predicted octanol–water partition coefficient (Wildman–Crippen LogP) is 4.81. The van der Waals surface area contributed by atoms with Crippen LogP contribution >= 0.6 is 11.8 Å². The summed E-state index contributed by atoms with van der Waals surface area (Å²) in [5.41, 5.74) is 1.83. The average molecular weight is 413 g/mol. The standard InChI is InChI=1S/C24H32N2O2S/c1-6-21(23(28)25-24(3,4)5)26(16-19-12-10-11-18(2)15-19)22(27)17-29-20-13-8-7-9-14-20/h7-15,21H,6,16-17H2,1-5H3,(H,25,28)/t21-/m1/s1. The lowest BCUT2D eigenvalue weighted by molar-refractivity contribution is -0.140. The Morgan fingerprint density at radius 3 is 2.34 bits per heavy atom. The van der Waals surface area contributed by atoms with Crippen LogP contribution in [0.3, 0.4) is 0 Å². The Morgan fingerprint density at radius 2 is 1.76 bits per heavy atom. The summed E-state index contributed by atoms with van der Waals surface area (Å²) >= 11 is 1.50. The van der Waals surface area contributed by atoms with E-state index in [-0.39, 0.29) is 17.4 Å². The first-order chi connectivity index (χ1) is 13.7. The minimum atomic E-state index is -0.501. The summed E-state index contributed by atoms with van der Waals surface area (Å²) in [6.07, 6.45) is 0.565. The maximum atomic E-state index is 13.2. The van der Waals surface area contributed by atoms with Gasteiger partial charge in [0.25, 0.3) is 0 Å². The molecular weight excluding hydrogens is 380 g/mol. The number of nitrogens with zero attached hydrogens (tertiary/aromatic N) is 1. The van der Waals surface area contributed by atoms with Crippen LogP contribution in [0.2, 0.25) is 0 Å². The Labute approximate surface area is 179 Å². The number of nitrogens with one attached hydrogen (secondary N) is 1. The molecule has 2 aromatic rings. The third-order valence-corrected chi connectivity index (χ3v) is 5.42. The third-order valence-electron chi connectivity index (χ3n) is 4.43. The van der Waals surface area contributed by atoms with Gasteiger partial charge in [-0.15, -0.1) is 11.8 Å². The minimum Gasteiger partial charge on any atom is -0.350 e. The van der Waals surface area contributed by atoms with Crippen molar-refractivity contribution >= 4 is 23.6 Å². The number of hydrogen-bond donors (Lipinski definition) is 1. The summed E-state index contributed by atoms with van der Waals surface area (Å²) in [7, 11) is 0. The van der Waals surface area contributed by atoms with Gasteiger partial charge in [-0.2, -0.15) is 0 Å². The van der Waals surface area contributed by atoms with Crippen molar-refractivity contribution in [1.82, 2.24) is 10.2 Å². The molecule has 0 aliphatic carbocycles. The number of amides is 2. The molecular formula is C24H32N2O2S. The van der Waals surface area contributed by atoms with Crippen molar-refractivity contribution in [3.8, 4) is 0 Å². The van der Waals surface area contributed by atoms with E-state index in [1.807, 2.05) is 83.1 Å². The number of rotatable bonds is 8. The maximum Gasteiger partial charge on any atom is 0.243 e. The van der Waals surface area contributed by atoms with Gasteiger partial charge in [0.05, 0.1) is 5.75 Å². The SMILES string of the molecule is CC[C@H](C(=O)NC(C)(C)C)N(Cc1cccc(C)c1)C(=O)CSc1ccccc1. The van der Waals surface area contributed by atoms with E-state index < -0.39 is 6.04 Å². The van der Waals surface area contributed by atoms with Crippen LogP contribution in [0.5, 0.6) is 0 Å². The molecule has 2 aromatic carbocycles. The fraction of sp³-hybridized carbons (Fsp3) is 0.417. The largest absolute Gasteiger partial charge is 0.350 e. The first kappa shape index (κ1) is 23.0. The summed E-state index contributed by atoms with van der Waals surface area (Å²) in [6.45, 7) is 10.3. The van der Waals surface area contributed by atoms with E-state index in [1.54, 1.807) is 4.90 Å². The van der Waals surface area contributed by atoms with Gasteiger partial charge in [-0.05, 0) is 51.8 Å². The van der Waals surface area contributed by atoms with Gasteiger partial charge >= 0.3 is 0 Å². The van der Waals surface area contributed by atoms with E-state index in [1.165, 1.54) is 11.8 Å².